The molecule has 1 unspecified atom stereocenters. The summed E-state index contributed by atoms with van der Waals surface area (Å²) in [6.45, 7) is 1.70. The average Bonchev–Trinajstić information content (AvgIpc) is 3.31. The third-order valence-electron chi connectivity index (χ3n) is 4.25. The van der Waals surface area contributed by atoms with E-state index < -0.39 is 0 Å². The average molecular weight is 277 g/mol. The largest absolute Gasteiger partial charge is 0.355 e. The van der Waals surface area contributed by atoms with Crippen LogP contribution in [0.25, 0.3) is 0 Å². The van der Waals surface area contributed by atoms with E-state index in [1.165, 1.54) is 12.3 Å². The second kappa shape index (κ2) is 5.38. The van der Waals surface area contributed by atoms with Crippen LogP contribution in [0.15, 0.2) is 18.3 Å². The number of halogens is 1. The number of carbonyl (C=O) groups excluding carboxylic acids is 1. The second-order valence-electron chi connectivity index (χ2n) is 5.80. The van der Waals surface area contributed by atoms with E-state index in [0.717, 1.165) is 44.6 Å². The van der Waals surface area contributed by atoms with Gasteiger partial charge in [-0.25, -0.2) is 9.37 Å². The molecule has 2 aliphatic rings. The molecule has 3 rings (SSSR count). The third-order valence-corrected chi connectivity index (χ3v) is 4.25. The molecule has 1 aliphatic heterocycles. The Morgan fingerprint density at radius 2 is 2.20 bits per heavy atom. The summed E-state index contributed by atoms with van der Waals surface area (Å²) in [6, 6.07) is 3.38. The summed E-state index contributed by atoms with van der Waals surface area (Å²) >= 11 is 0. The lowest BCUT2D eigenvalue weighted by Crippen LogP contribution is -2.49. The lowest BCUT2D eigenvalue weighted by atomic mass is 10.0. The Kier molecular flexibility index (Phi) is 3.59. The lowest BCUT2D eigenvalue weighted by molar-refractivity contribution is -0.133. The molecule has 20 heavy (non-hydrogen) atoms. The molecule has 1 atom stereocenters. The van der Waals surface area contributed by atoms with Crippen LogP contribution in [0, 0.1) is 11.7 Å². The van der Waals surface area contributed by atoms with E-state index in [9.17, 15) is 9.18 Å². The van der Waals surface area contributed by atoms with Crippen molar-refractivity contribution in [2.24, 2.45) is 5.92 Å². The van der Waals surface area contributed by atoms with E-state index in [-0.39, 0.29) is 23.7 Å². The minimum absolute atomic E-state index is 0.240. The molecule has 1 saturated heterocycles. The van der Waals surface area contributed by atoms with Crippen molar-refractivity contribution in [3.05, 3.63) is 24.1 Å². The number of carbonyl (C=O) groups is 1. The number of nitrogens with zero attached hydrogens (tertiary/aromatic N) is 3. The van der Waals surface area contributed by atoms with Crippen molar-refractivity contribution in [1.82, 2.24) is 9.88 Å². The number of rotatable bonds is 3. The zero-order valence-electron chi connectivity index (χ0n) is 11.8. The molecule has 0 spiro atoms. The Morgan fingerprint density at radius 3 is 2.85 bits per heavy atom. The first-order valence-electron chi connectivity index (χ1n) is 7.28. The summed E-state index contributed by atoms with van der Waals surface area (Å²) in [4.78, 5) is 20.3. The highest BCUT2D eigenvalue weighted by Gasteiger charge is 2.35. The Morgan fingerprint density at radius 1 is 1.40 bits per heavy atom. The fourth-order valence-electron chi connectivity index (χ4n) is 2.83. The number of amides is 1. The Bertz CT molecular complexity index is 486. The van der Waals surface area contributed by atoms with Gasteiger partial charge in [-0.05, 0) is 37.8 Å². The molecule has 0 N–H and O–H groups in total. The number of likely N-dealkylation sites (N-methyl/N-ethyl adjacent to an activating group) is 1. The molecule has 1 saturated carbocycles. The van der Waals surface area contributed by atoms with Gasteiger partial charge in [-0.1, -0.05) is 0 Å². The molecular weight excluding hydrogens is 257 g/mol. The van der Waals surface area contributed by atoms with Gasteiger partial charge in [0.1, 0.15) is 11.6 Å². The van der Waals surface area contributed by atoms with Gasteiger partial charge in [0.05, 0.1) is 6.20 Å². The van der Waals surface area contributed by atoms with Gasteiger partial charge in [0.2, 0.25) is 5.91 Å². The van der Waals surface area contributed by atoms with Crippen LogP contribution in [-0.4, -0.2) is 42.0 Å². The van der Waals surface area contributed by atoms with Gasteiger partial charge < -0.3 is 9.80 Å². The SMILES string of the molecule is CN(C(=O)C1CC1)C1CCCN(c2ccc(F)cn2)C1. The molecule has 2 fully saturated rings. The van der Waals surface area contributed by atoms with E-state index in [2.05, 4.69) is 9.88 Å². The van der Waals surface area contributed by atoms with Crippen LogP contribution < -0.4 is 4.90 Å². The molecule has 1 aromatic heterocycles. The van der Waals surface area contributed by atoms with E-state index in [1.54, 1.807) is 6.07 Å². The summed E-state index contributed by atoms with van der Waals surface area (Å²) in [5.41, 5.74) is 0. The summed E-state index contributed by atoms with van der Waals surface area (Å²) < 4.78 is 12.9. The van der Waals surface area contributed by atoms with Gasteiger partial charge in [-0.3, -0.25) is 4.79 Å². The fraction of sp³-hybridized carbons (Fsp3) is 0.600. The Balaban J connectivity index is 1.66. The predicted molar refractivity (Wildman–Crippen MR) is 74.9 cm³/mol. The quantitative estimate of drug-likeness (QED) is 0.848. The number of hydrogen-bond acceptors (Lipinski definition) is 3. The maximum Gasteiger partial charge on any atom is 0.225 e. The van der Waals surface area contributed by atoms with Crippen LogP contribution in [0.4, 0.5) is 10.2 Å². The predicted octanol–water partition coefficient (Wildman–Crippen LogP) is 2.06. The number of piperidine rings is 1. The fourth-order valence-corrected chi connectivity index (χ4v) is 2.83. The molecule has 0 aromatic carbocycles. The minimum atomic E-state index is -0.316. The molecule has 4 nitrogen and oxygen atoms in total. The molecule has 108 valence electrons. The van der Waals surface area contributed by atoms with Crippen LogP contribution >= 0.6 is 0 Å². The van der Waals surface area contributed by atoms with E-state index in [0.29, 0.717) is 0 Å². The van der Waals surface area contributed by atoms with Crippen molar-refractivity contribution in [2.75, 3.05) is 25.0 Å². The summed E-state index contributed by atoms with van der Waals surface area (Å²) in [7, 11) is 1.91. The highest BCUT2D eigenvalue weighted by atomic mass is 19.1. The monoisotopic (exact) mass is 277 g/mol. The first-order valence-corrected chi connectivity index (χ1v) is 7.28. The van der Waals surface area contributed by atoms with E-state index in [1.807, 2.05) is 11.9 Å². The molecule has 0 bridgehead atoms. The van der Waals surface area contributed by atoms with Crippen LogP contribution in [0.1, 0.15) is 25.7 Å². The smallest absolute Gasteiger partial charge is 0.225 e. The van der Waals surface area contributed by atoms with Crippen LogP contribution in [0.2, 0.25) is 0 Å². The lowest BCUT2D eigenvalue weighted by Gasteiger charge is -2.38. The Hall–Kier alpha value is -1.65. The number of anilines is 1. The number of pyridine rings is 1. The van der Waals surface area contributed by atoms with Crippen LogP contribution in [0.5, 0.6) is 0 Å². The maximum atomic E-state index is 12.9. The molecule has 1 aromatic rings. The summed E-state index contributed by atoms with van der Waals surface area (Å²) in [5.74, 6) is 1.02. The molecule has 5 heteroatoms. The first-order chi connectivity index (χ1) is 9.65. The minimum Gasteiger partial charge on any atom is -0.355 e. The van der Waals surface area contributed by atoms with E-state index in [4.69, 9.17) is 0 Å². The second-order valence-corrected chi connectivity index (χ2v) is 5.80. The zero-order valence-corrected chi connectivity index (χ0v) is 11.8. The van der Waals surface area contributed by atoms with Crippen molar-refractivity contribution >= 4 is 11.7 Å². The first kappa shape index (κ1) is 13.3. The molecule has 2 heterocycles. The molecular formula is C15H20FN3O. The third kappa shape index (κ3) is 2.76. The van der Waals surface area contributed by atoms with Crippen molar-refractivity contribution in [3.63, 3.8) is 0 Å². The van der Waals surface area contributed by atoms with Crippen molar-refractivity contribution in [2.45, 2.75) is 31.7 Å². The molecule has 1 aliphatic carbocycles. The summed E-state index contributed by atoms with van der Waals surface area (Å²) in [5, 5.41) is 0. The Labute approximate surface area is 118 Å². The number of hydrogen-bond donors (Lipinski definition) is 0. The van der Waals surface area contributed by atoms with Crippen molar-refractivity contribution in [1.29, 1.82) is 0 Å². The topological polar surface area (TPSA) is 36.4 Å². The van der Waals surface area contributed by atoms with Gasteiger partial charge >= 0.3 is 0 Å². The normalized spacial score (nSPS) is 22.7. The van der Waals surface area contributed by atoms with Gasteiger partial charge in [0.15, 0.2) is 0 Å². The molecule has 1 amide bonds. The standard InChI is InChI=1S/C15H20FN3O/c1-18(15(20)11-4-5-11)13-3-2-8-19(10-13)14-7-6-12(16)9-17-14/h6-7,9,11,13H,2-5,8,10H2,1H3. The van der Waals surface area contributed by atoms with Crippen molar-refractivity contribution < 1.29 is 9.18 Å². The highest BCUT2D eigenvalue weighted by Crippen LogP contribution is 2.32. The van der Waals surface area contributed by atoms with Crippen molar-refractivity contribution in [3.8, 4) is 0 Å². The van der Waals surface area contributed by atoms with Crippen LogP contribution in [-0.2, 0) is 4.79 Å². The van der Waals surface area contributed by atoms with Gasteiger partial charge in [-0.2, -0.15) is 0 Å². The van der Waals surface area contributed by atoms with E-state index >= 15 is 0 Å². The zero-order chi connectivity index (χ0) is 14.1. The maximum absolute atomic E-state index is 12.9. The molecule has 0 radical (unpaired) electrons. The highest BCUT2D eigenvalue weighted by molar-refractivity contribution is 5.81. The summed E-state index contributed by atoms with van der Waals surface area (Å²) in [6.07, 6.45) is 5.40. The van der Waals surface area contributed by atoms with Gasteiger partial charge in [0, 0.05) is 32.1 Å². The number of aromatic nitrogens is 1. The van der Waals surface area contributed by atoms with Gasteiger partial charge in [0.25, 0.3) is 0 Å². The van der Waals surface area contributed by atoms with Crippen LogP contribution in [0.3, 0.4) is 0 Å². The van der Waals surface area contributed by atoms with Gasteiger partial charge in [-0.15, -0.1) is 0 Å².